The second kappa shape index (κ2) is 8.19. The highest BCUT2D eigenvalue weighted by Crippen LogP contribution is 2.22. The standard InChI is InChI=1S/C22H29NO2/c1-16(2)25-20-13-11-19(12-14-20)23-21(24)15-8-17-6-9-18(10-7-17)22(3,4)5/h6-7,9-14,16H,8,15H2,1-5H3,(H,23,24). The first kappa shape index (κ1) is 19.0. The summed E-state index contributed by atoms with van der Waals surface area (Å²) in [6, 6.07) is 16.0. The molecule has 0 aliphatic heterocycles. The fourth-order valence-electron chi connectivity index (χ4n) is 2.54. The predicted octanol–water partition coefficient (Wildman–Crippen LogP) is 5.34. The maximum absolute atomic E-state index is 12.1. The minimum Gasteiger partial charge on any atom is -0.491 e. The Balaban J connectivity index is 1.84. The summed E-state index contributed by atoms with van der Waals surface area (Å²) in [4.78, 5) is 12.1. The Kier molecular flexibility index (Phi) is 6.24. The number of hydrogen-bond donors (Lipinski definition) is 1. The molecule has 3 heteroatoms. The van der Waals surface area contributed by atoms with Crippen LogP contribution in [0.2, 0.25) is 0 Å². The van der Waals surface area contributed by atoms with Gasteiger partial charge in [-0.2, -0.15) is 0 Å². The monoisotopic (exact) mass is 339 g/mol. The van der Waals surface area contributed by atoms with Crippen LogP contribution in [0.15, 0.2) is 48.5 Å². The van der Waals surface area contributed by atoms with Crippen LogP contribution >= 0.6 is 0 Å². The van der Waals surface area contributed by atoms with E-state index in [0.717, 1.165) is 17.9 Å². The van der Waals surface area contributed by atoms with Crippen molar-refractivity contribution in [1.82, 2.24) is 0 Å². The maximum Gasteiger partial charge on any atom is 0.224 e. The van der Waals surface area contributed by atoms with Gasteiger partial charge in [0.1, 0.15) is 5.75 Å². The number of aryl methyl sites for hydroxylation is 1. The zero-order valence-corrected chi connectivity index (χ0v) is 15.9. The smallest absolute Gasteiger partial charge is 0.224 e. The number of hydrogen-bond acceptors (Lipinski definition) is 2. The van der Waals surface area contributed by atoms with Crippen LogP contribution in [0, 0.1) is 0 Å². The van der Waals surface area contributed by atoms with Crippen molar-refractivity contribution in [2.24, 2.45) is 0 Å². The topological polar surface area (TPSA) is 38.3 Å². The van der Waals surface area contributed by atoms with Crippen molar-refractivity contribution in [2.45, 2.75) is 59.0 Å². The van der Waals surface area contributed by atoms with E-state index in [1.165, 1.54) is 11.1 Å². The molecular weight excluding hydrogens is 310 g/mol. The SMILES string of the molecule is CC(C)Oc1ccc(NC(=O)CCc2ccc(C(C)(C)C)cc2)cc1. The number of carbonyl (C=O) groups excluding carboxylic acids is 1. The molecule has 0 unspecified atom stereocenters. The molecule has 0 aromatic heterocycles. The molecule has 0 aliphatic carbocycles. The lowest BCUT2D eigenvalue weighted by Crippen LogP contribution is -2.13. The Morgan fingerprint density at radius 2 is 1.60 bits per heavy atom. The molecule has 0 radical (unpaired) electrons. The van der Waals surface area contributed by atoms with Crippen molar-refractivity contribution >= 4 is 11.6 Å². The molecule has 1 N–H and O–H groups in total. The van der Waals surface area contributed by atoms with Gasteiger partial charge in [0.15, 0.2) is 0 Å². The van der Waals surface area contributed by atoms with Gasteiger partial charge in [0.25, 0.3) is 0 Å². The average Bonchev–Trinajstić information content (AvgIpc) is 2.54. The quantitative estimate of drug-likeness (QED) is 0.771. The molecule has 0 atom stereocenters. The van der Waals surface area contributed by atoms with Gasteiger partial charge in [0.05, 0.1) is 6.10 Å². The van der Waals surface area contributed by atoms with E-state index in [-0.39, 0.29) is 17.4 Å². The molecule has 25 heavy (non-hydrogen) atoms. The van der Waals surface area contributed by atoms with Crippen molar-refractivity contribution in [1.29, 1.82) is 0 Å². The lowest BCUT2D eigenvalue weighted by molar-refractivity contribution is -0.116. The van der Waals surface area contributed by atoms with E-state index < -0.39 is 0 Å². The summed E-state index contributed by atoms with van der Waals surface area (Å²) in [6.45, 7) is 10.6. The highest BCUT2D eigenvalue weighted by Gasteiger charge is 2.13. The maximum atomic E-state index is 12.1. The van der Waals surface area contributed by atoms with Gasteiger partial charge < -0.3 is 10.1 Å². The molecule has 3 nitrogen and oxygen atoms in total. The lowest BCUT2D eigenvalue weighted by Gasteiger charge is -2.19. The Hall–Kier alpha value is -2.29. The van der Waals surface area contributed by atoms with Crippen LogP contribution in [0.1, 0.15) is 52.2 Å². The van der Waals surface area contributed by atoms with Crippen LogP contribution < -0.4 is 10.1 Å². The number of anilines is 1. The first-order valence-electron chi connectivity index (χ1n) is 8.90. The van der Waals surface area contributed by atoms with Crippen LogP contribution in [-0.4, -0.2) is 12.0 Å². The van der Waals surface area contributed by atoms with Gasteiger partial charge in [-0.1, -0.05) is 45.0 Å². The summed E-state index contributed by atoms with van der Waals surface area (Å²) in [5.74, 6) is 0.837. The average molecular weight is 339 g/mol. The zero-order valence-electron chi connectivity index (χ0n) is 15.9. The largest absolute Gasteiger partial charge is 0.491 e. The summed E-state index contributed by atoms with van der Waals surface area (Å²) in [5.41, 5.74) is 3.44. The zero-order chi connectivity index (χ0) is 18.4. The van der Waals surface area contributed by atoms with Gasteiger partial charge in [-0.15, -0.1) is 0 Å². The van der Waals surface area contributed by atoms with Gasteiger partial charge in [-0.25, -0.2) is 0 Å². The Labute approximate surface area is 151 Å². The number of rotatable bonds is 6. The first-order valence-corrected chi connectivity index (χ1v) is 8.90. The molecule has 0 spiro atoms. The predicted molar refractivity (Wildman–Crippen MR) is 104 cm³/mol. The fourth-order valence-corrected chi connectivity index (χ4v) is 2.54. The van der Waals surface area contributed by atoms with Gasteiger partial charge in [-0.05, 0) is 61.1 Å². The number of amides is 1. The highest BCUT2D eigenvalue weighted by molar-refractivity contribution is 5.90. The third-order valence-corrected chi connectivity index (χ3v) is 3.97. The number of nitrogens with one attached hydrogen (secondary N) is 1. The normalized spacial score (nSPS) is 11.4. The van der Waals surface area contributed by atoms with E-state index in [4.69, 9.17) is 4.74 Å². The summed E-state index contributed by atoms with van der Waals surface area (Å²) >= 11 is 0. The lowest BCUT2D eigenvalue weighted by atomic mass is 9.86. The fraction of sp³-hybridized carbons (Fsp3) is 0.409. The second-order valence-electron chi connectivity index (χ2n) is 7.69. The van der Waals surface area contributed by atoms with Crippen LogP contribution in [0.25, 0.3) is 0 Å². The van der Waals surface area contributed by atoms with Crippen LogP contribution in [0.3, 0.4) is 0 Å². The van der Waals surface area contributed by atoms with Gasteiger partial charge >= 0.3 is 0 Å². The molecule has 2 aromatic rings. The Bertz CT molecular complexity index is 679. The molecular formula is C22H29NO2. The molecule has 0 heterocycles. The molecule has 2 aromatic carbocycles. The van der Waals surface area contributed by atoms with Crippen LogP contribution in [0.5, 0.6) is 5.75 Å². The molecule has 0 aliphatic rings. The molecule has 0 saturated heterocycles. The molecule has 0 saturated carbocycles. The van der Waals surface area contributed by atoms with E-state index in [0.29, 0.717) is 6.42 Å². The third-order valence-electron chi connectivity index (χ3n) is 3.97. The minimum absolute atomic E-state index is 0.0254. The number of ether oxygens (including phenoxy) is 1. The highest BCUT2D eigenvalue weighted by atomic mass is 16.5. The van der Waals surface area contributed by atoms with Crippen molar-refractivity contribution in [3.63, 3.8) is 0 Å². The Morgan fingerprint density at radius 1 is 1.00 bits per heavy atom. The van der Waals surface area contributed by atoms with E-state index in [1.807, 2.05) is 38.1 Å². The summed E-state index contributed by atoms with van der Waals surface area (Å²) in [5, 5.41) is 2.93. The van der Waals surface area contributed by atoms with Crippen molar-refractivity contribution in [3.05, 3.63) is 59.7 Å². The molecule has 0 fully saturated rings. The second-order valence-corrected chi connectivity index (χ2v) is 7.69. The first-order chi connectivity index (χ1) is 11.7. The minimum atomic E-state index is 0.0254. The van der Waals surface area contributed by atoms with Crippen molar-refractivity contribution < 1.29 is 9.53 Å². The number of carbonyl (C=O) groups is 1. The van der Waals surface area contributed by atoms with Crippen LogP contribution in [0.4, 0.5) is 5.69 Å². The van der Waals surface area contributed by atoms with Crippen molar-refractivity contribution in [2.75, 3.05) is 5.32 Å². The van der Waals surface area contributed by atoms with Crippen LogP contribution in [-0.2, 0) is 16.6 Å². The van der Waals surface area contributed by atoms with Crippen molar-refractivity contribution in [3.8, 4) is 5.75 Å². The molecule has 0 bridgehead atoms. The van der Waals surface area contributed by atoms with E-state index in [1.54, 1.807) is 0 Å². The van der Waals surface area contributed by atoms with Gasteiger partial charge in [0, 0.05) is 12.1 Å². The molecule has 1 amide bonds. The summed E-state index contributed by atoms with van der Waals surface area (Å²) < 4.78 is 5.60. The van der Waals surface area contributed by atoms with E-state index in [2.05, 4.69) is 50.4 Å². The third kappa shape index (κ3) is 6.26. The molecule has 2 rings (SSSR count). The summed E-state index contributed by atoms with van der Waals surface area (Å²) in [7, 11) is 0. The van der Waals surface area contributed by atoms with E-state index >= 15 is 0 Å². The van der Waals surface area contributed by atoms with Gasteiger partial charge in [-0.3, -0.25) is 4.79 Å². The molecule has 134 valence electrons. The number of benzene rings is 2. The Morgan fingerprint density at radius 3 is 2.12 bits per heavy atom. The van der Waals surface area contributed by atoms with Gasteiger partial charge in [0.2, 0.25) is 5.91 Å². The summed E-state index contributed by atoms with van der Waals surface area (Å²) in [6.07, 6.45) is 1.36. The van der Waals surface area contributed by atoms with E-state index in [9.17, 15) is 4.79 Å².